The van der Waals surface area contributed by atoms with E-state index in [1.807, 2.05) is 12.3 Å². The number of amides is 1. The maximum Gasteiger partial charge on any atom is 0.227 e. The largest absolute Gasteiger partial charge is 0.359 e. The molecule has 1 aromatic heterocycles. The Morgan fingerprint density at radius 3 is 2.50 bits per heavy atom. The van der Waals surface area contributed by atoms with Gasteiger partial charge in [0.25, 0.3) is 0 Å². The number of carbonyl (C=O) groups excluding carboxylic acids is 1. The Hall–Kier alpha value is -2.98. The molecule has 30 heavy (non-hydrogen) atoms. The monoisotopic (exact) mass is 399 g/mol. The summed E-state index contributed by atoms with van der Waals surface area (Å²) in [5.41, 5.74) is 4.45. The molecular formula is C26H29N3O. The second kappa shape index (κ2) is 9.23. The summed E-state index contributed by atoms with van der Waals surface area (Å²) in [6.45, 7) is 2.76. The zero-order valence-corrected chi connectivity index (χ0v) is 17.6. The van der Waals surface area contributed by atoms with E-state index in [0.717, 1.165) is 50.0 Å². The van der Waals surface area contributed by atoms with Gasteiger partial charge in [0.15, 0.2) is 0 Å². The highest BCUT2D eigenvalue weighted by atomic mass is 16.2. The van der Waals surface area contributed by atoms with Crippen molar-refractivity contribution < 1.29 is 4.79 Å². The van der Waals surface area contributed by atoms with E-state index in [2.05, 4.69) is 75.9 Å². The van der Waals surface area contributed by atoms with Crippen molar-refractivity contribution in [3.8, 4) is 11.1 Å². The number of nitrogens with one attached hydrogen (secondary N) is 1. The Balaban J connectivity index is 1.44. The topological polar surface area (TPSA) is 45.2 Å². The van der Waals surface area contributed by atoms with Crippen LogP contribution < -0.4 is 5.32 Å². The Morgan fingerprint density at radius 2 is 1.80 bits per heavy atom. The van der Waals surface area contributed by atoms with Crippen molar-refractivity contribution >= 4 is 5.91 Å². The zero-order valence-electron chi connectivity index (χ0n) is 17.6. The predicted octanol–water partition coefficient (Wildman–Crippen LogP) is 3.97. The summed E-state index contributed by atoms with van der Waals surface area (Å²) in [5, 5.41) is 2.93. The molecule has 1 aliphatic rings. The van der Waals surface area contributed by atoms with Crippen molar-refractivity contribution in [3.63, 3.8) is 0 Å². The number of benzene rings is 2. The number of rotatable bonds is 7. The minimum absolute atomic E-state index is 0.154. The van der Waals surface area contributed by atoms with Crippen LogP contribution in [0.1, 0.15) is 17.5 Å². The van der Waals surface area contributed by atoms with Crippen LogP contribution in [0.25, 0.3) is 11.1 Å². The molecule has 0 bridgehead atoms. The Morgan fingerprint density at radius 1 is 1.00 bits per heavy atom. The van der Waals surface area contributed by atoms with Gasteiger partial charge in [-0.05, 0) is 54.1 Å². The summed E-state index contributed by atoms with van der Waals surface area (Å²) < 4.78 is 0. The van der Waals surface area contributed by atoms with Gasteiger partial charge >= 0.3 is 0 Å². The number of nitrogens with zero attached hydrogens (tertiary/aromatic N) is 2. The van der Waals surface area contributed by atoms with Gasteiger partial charge in [-0.25, -0.2) is 0 Å². The molecule has 0 spiro atoms. The number of hydrogen-bond acceptors (Lipinski definition) is 3. The van der Waals surface area contributed by atoms with Crippen molar-refractivity contribution in [2.45, 2.75) is 19.3 Å². The van der Waals surface area contributed by atoms with Crippen LogP contribution in [0.3, 0.4) is 0 Å². The molecule has 1 saturated heterocycles. The molecule has 1 atom stereocenters. The molecule has 2 heterocycles. The number of pyridine rings is 1. The average molecular weight is 400 g/mol. The van der Waals surface area contributed by atoms with E-state index in [9.17, 15) is 4.79 Å². The maximum atomic E-state index is 12.9. The molecule has 4 rings (SSSR count). The van der Waals surface area contributed by atoms with Gasteiger partial charge in [-0.15, -0.1) is 0 Å². The van der Waals surface area contributed by atoms with Crippen LogP contribution in [0.2, 0.25) is 0 Å². The van der Waals surface area contributed by atoms with Gasteiger partial charge in [0.05, 0.1) is 5.41 Å². The van der Waals surface area contributed by atoms with Crippen LogP contribution in [0.15, 0.2) is 79.1 Å². The van der Waals surface area contributed by atoms with Gasteiger partial charge in [0.1, 0.15) is 0 Å². The molecule has 4 heteroatoms. The fourth-order valence-corrected chi connectivity index (χ4v) is 4.50. The number of hydrogen-bond donors (Lipinski definition) is 1. The minimum Gasteiger partial charge on any atom is -0.359 e. The summed E-state index contributed by atoms with van der Waals surface area (Å²) in [7, 11) is 1.75. The Bertz CT molecular complexity index is 957. The standard InChI is InChI=1S/C26H29N3O/c1-27-25(30)26(14-17-29(20-26)16-13-21-6-3-2-4-7-21)18-22-9-11-23(12-10-22)24-8-5-15-28-19-24/h2-12,15,19H,13-14,16-18,20H2,1H3,(H,27,30)/t26-/m1/s1. The van der Waals surface area contributed by atoms with Crippen molar-refractivity contribution in [1.29, 1.82) is 0 Å². The van der Waals surface area contributed by atoms with Crippen LogP contribution in [-0.2, 0) is 17.6 Å². The molecule has 0 saturated carbocycles. The highest BCUT2D eigenvalue weighted by molar-refractivity contribution is 5.83. The van der Waals surface area contributed by atoms with Crippen molar-refractivity contribution in [2.24, 2.45) is 5.41 Å². The molecule has 1 fully saturated rings. The smallest absolute Gasteiger partial charge is 0.227 e. The SMILES string of the molecule is CNC(=O)[C@@]1(Cc2ccc(-c3cccnc3)cc2)CCN(CCc2ccccc2)C1. The van der Waals surface area contributed by atoms with Crippen molar-refractivity contribution in [1.82, 2.24) is 15.2 Å². The Labute approximate surface area is 179 Å². The molecule has 3 aromatic rings. The molecule has 1 amide bonds. The first-order valence-corrected chi connectivity index (χ1v) is 10.7. The van der Waals surface area contributed by atoms with Crippen molar-refractivity contribution in [3.05, 3.63) is 90.3 Å². The lowest BCUT2D eigenvalue weighted by molar-refractivity contribution is -0.129. The molecule has 0 radical (unpaired) electrons. The molecule has 1 N–H and O–H groups in total. The average Bonchev–Trinajstić information content (AvgIpc) is 3.23. The second-order valence-electron chi connectivity index (χ2n) is 8.24. The minimum atomic E-state index is -0.360. The first-order chi connectivity index (χ1) is 14.7. The van der Waals surface area contributed by atoms with Gasteiger partial charge < -0.3 is 10.2 Å². The van der Waals surface area contributed by atoms with Crippen LogP contribution >= 0.6 is 0 Å². The van der Waals surface area contributed by atoms with Crippen LogP contribution in [0, 0.1) is 5.41 Å². The van der Waals surface area contributed by atoms with Gasteiger partial charge in [-0.1, -0.05) is 60.7 Å². The zero-order chi connectivity index (χ0) is 20.8. The molecule has 4 nitrogen and oxygen atoms in total. The molecule has 2 aromatic carbocycles. The second-order valence-corrected chi connectivity index (χ2v) is 8.24. The summed E-state index contributed by atoms with van der Waals surface area (Å²) in [6, 6.07) is 23.2. The van der Waals surface area contributed by atoms with Crippen LogP contribution in [0.5, 0.6) is 0 Å². The molecule has 154 valence electrons. The van der Waals surface area contributed by atoms with Gasteiger partial charge in [-0.3, -0.25) is 9.78 Å². The summed E-state index contributed by atoms with van der Waals surface area (Å²) in [4.78, 5) is 19.5. The van der Waals surface area contributed by atoms with E-state index in [1.165, 1.54) is 11.1 Å². The number of likely N-dealkylation sites (tertiary alicyclic amines) is 1. The van der Waals surface area contributed by atoms with E-state index >= 15 is 0 Å². The molecule has 1 aliphatic heterocycles. The third-order valence-corrected chi connectivity index (χ3v) is 6.19. The summed E-state index contributed by atoms with van der Waals surface area (Å²) in [5.74, 6) is 0.154. The third kappa shape index (κ3) is 4.60. The lowest BCUT2D eigenvalue weighted by atomic mass is 9.79. The first kappa shape index (κ1) is 20.3. The van der Waals surface area contributed by atoms with Gasteiger partial charge in [-0.2, -0.15) is 0 Å². The molecule has 0 unspecified atom stereocenters. The van der Waals surface area contributed by atoms with Crippen LogP contribution in [-0.4, -0.2) is 42.5 Å². The maximum absolute atomic E-state index is 12.9. The van der Waals surface area contributed by atoms with E-state index in [0.29, 0.717) is 0 Å². The predicted molar refractivity (Wildman–Crippen MR) is 121 cm³/mol. The van der Waals surface area contributed by atoms with Gasteiger partial charge in [0.2, 0.25) is 5.91 Å². The number of carbonyl (C=O) groups is 1. The van der Waals surface area contributed by atoms with Crippen molar-refractivity contribution in [2.75, 3.05) is 26.7 Å². The Kier molecular flexibility index (Phi) is 6.24. The van der Waals surface area contributed by atoms with E-state index < -0.39 is 0 Å². The highest BCUT2D eigenvalue weighted by Gasteiger charge is 2.43. The summed E-state index contributed by atoms with van der Waals surface area (Å²) >= 11 is 0. The lowest BCUT2D eigenvalue weighted by Crippen LogP contribution is -2.43. The first-order valence-electron chi connectivity index (χ1n) is 10.7. The molecular weight excluding hydrogens is 370 g/mol. The van der Waals surface area contributed by atoms with Gasteiger partial charge in [0, 0.05) is 32.5 Å². The normalized spacial score (nSPS) is 19.0. The summed E-state index contributed by atoms with van der Waals surface area (Å²) in [6.07, 6.45) is 6.34. The van der Waals surface area contributed by atoms with E-state index in [-0.39, 0.29) is 11.3 Å². The third-order valence-electron chi connectivity index (χ3n) is 6.19. The highest BCUT2D eigenvalue weighted by Crippen LogP contribution is 2.35. The fourth-order valence-electron chi connectivity index (χ4n) is 4.50. The van der Waals surface area contributed by atoms with E-state index in [4.69, 9.17) is 0 Å². The quantitative estimate of drug-likeness (QED) is 0.654. The fraction of sp³-hybridized carbons (Fsp3) is 0.308. The van der Waals surface area contributed by atoms with Crippen LogP contribution in [0.4, 0.5) is 0 Å². The number of aromatic nitrogens is 1. The van der Waals surface area contributed by atoms with E-state index in [1.54, 1.807) is 13.2 Å². The lowest BCUT2D eigenvalue weighted by Gasteiger charge is -2.28. The molecule has 0 aliphatic carbocycles.